The third-order valence-electron chi connectivity index (χ3n) is 6.11. The Kier molecular flexibility index (Phi) is 6.14. The maximum Gasteiger partial charge on any atom is 0.260 e. The summed E-state index contributed by atoms with van der Waals surface area (Å²) in [7, 11) is -0.719. The summed E-state index contributed by atoms with van der Waals surface area (Å²) in [4.78, 5) is 16.8. The molecule has 3 fully saturated rings. The number of nitrogens with one attached hydrogen (secondary N) is 3. The lowest BCUT2D eigenvalue weighted by molar-refractivity contribution is -0.128. The molecular formula is C19H27N7O4S. The van der Waals surface area contributed by atoms with Crippen molar-refractivity contribution in [2.24, 2.45) is 11.8 Å². The minimum Gasteiger partial charge on any atom is -0.380 e. The van der Waals surface area contributed by atoms with Gasteiger partial charge in [0.1, 0.15) is 6.17 Å². The largest absolute Gasteiger partial charge is 0.380 e. The lowest BCUT2D eigenvalue weighted by atomic mass is 9.88. The maximum absolute atomic E-state index is 12.7. The highest BCUT2D eigenvalue weighted by Gasteiger charge is 2.51. The molecule has 4 rings (SSSR count). The van der Waals surface area contributed by atoms with Crippen LogP contribution in [0.15, 0.2) is 23.4 Å². The summed E-state index contributed by atoms with van der Waals surface area (Å²) in [5, 5.41) is 17.7. The molecule has 12 heteroatoms. The van der Waals surface area contributed by atoms with Crippen molar-refractivity contribution in [1.29, 1.82) is 5.26 Å². The van der Waals surface area contributed by atoms with Gasteiger partial charge in [0.15, 0.2) is 5.03 Å². The quantitative estimate of drug-likeness (QED) is 0.533. The van der Waals surface area contributed by atoms with Crippen molar-refractivity contribution in [3.8, 4) is 6.07 Å². The molecule has 168 valence electrons. The number of hydrogen-bond donors (Lipinski definition) is 3. The van der Waals surface area contributed by atoms with Gasteiger partial charge in [0.25, 0.3) is 10.0 Å². The van der Waals surface area contributed by atoms with Gasteiger partial charge in [0.05, 0.1) is 42.4 Å². The number of rotatable bonds is 5. The number of amides is 1. The van der Waals surface area contributed by atoms with Crippen molar-refractivity contribution in [2.45, 2.75) is 36.1 Å². The topological polar surface area (TPSA) is 140 Å². The second-order valence-corrected chi connectivity index (χ2v) is 10.3. The molecule has 1 amide bonds. The van der Waals surface area contributed by atoms with E-state index in [1.807, 2.05) is 5.01 Å². The molecule has 1 aromatic rings. The zero-order valence-electron chi connectivity index (χ0n) is 17.5. The van der Waals surface area contributed by atoms with Crippen LogP contribution in [0.4, 0.5) is 5.69 Å². The predicted molar refractivity (Wildman–Crippen MR) is 111 cm³/mol. The van der Waals surface area contributed by atoms with Crippen LogP contribution in [-0.4, -0.2) is 80.7 Å². The van der Waals surface area contributed by atoms with Gasteiger partial charge >= 0.3 is 0 Å². The fraction of sp³-hybridized carbons (Fsp3) is 0.632. The van der Waals surface area contributed by atoms with E-state index in [0.717, 1.165) is 10.7 Å². The molecule has 0 aromatic carbocycles. The molecule has 3 N–H and O–H groups in total. The van der Waals surface area contributed by atoms with Gasteiger partial charge in [-0.05, 0) is 25.0 Å². The van der Waals surface area contributed by atoms with Gasteiger partial charge in [-0.1, -0.05) is 0 Å². The summed E-state index contributed by atoms with van der Waals surface area (Å²) >= 11 is 0. The van der Waals surface area contributed by atoms with E-state index in [1.54, 1.807) is 6.07 Å². The Labute approximate surface area is 181 Å². The first-order chi connectivity index (χ1) is 14.8. The maximum atomic E-state index is 12.7. The first kappa shape index (κ1) is 21.9. The number of piperidine rings is 1. The predicted octanol–water partition coefficient (Wildman–Crippen LogP) is -0.677. The van der Waals surface area contributed by atoms with E-state index in [4.69, 9.17) is 4.74 Å². The first-order valence-electron chi connectivity index (χ1n) is 10.3. The van der Waals surface area contributed by atoms with Crippen LogP contribution in [0.2, 0.25) is 0 Å². The Bertz CT molecular complexity index is 962. The standard InChI is InChI=1S/C19H27N7O4S/c1-25(2)31(28,29)16-4-3-13(10-22-16)23-18-17-14(5-7-21-19(17)27)26(24-18)15-11-30-8-6-12(15)9-20/h3-4,10,12,14-15,17-18,23-24H,5-8,11H2,1-2H3,(H,21,27)/t12-,14?,15+,17?,18?/m1/s1. The Morgan fingerprint density at radius 3 is 2.81 bits per heavy atom. The van der Waals surface area contributed by atoms with E-state index in [0.29, 0.717) is 31.9 Å². The number of hydrazine groups is 1. The second kappa shape index (κ2) is 8.68. The highest BCUT2D eigenvalue weighted by atomic mass is 32.2. The Morgan fingerprint density at radius 2 is 2.13 bits per heavy atom. The number of carbonyl (C=O) groups excluding carboxylic acids is 1. The first-order valence-corrected chi connectivity index (χ1v) is 11.7. The van der Waals surface area contributed by atoms with E-state index in [1.165, 1.54) is 26.4 Å². The minimum absolute atomic E-state index is 0.0476. The average molecular weight is 450 g/mol. The number of pyridine rings is 1. The van der Waals surface area contributed by atoms with Gasteiger partial charge in [-0.25, -0.2) is 28.1 Å². The van der Waals surface area contributed by atoms with Gasteiger partial charge in [0.2, 0.25) is 5.91 Å². The summed E-state index contributed by atoms with van der Waals surface area (Å²) in [6, 6.07) is 5.22. The molecule has 0 bridgehead atoms. The summed E-state index contributed by atoms with van der Waals surface area (Å²) in [6.45, 7) is 1.57. The molecule has 1 aromatic heterocycles. The molecule has 5 atom stereocenters. The van der Waals surface area contributed by atoms with Crippen LogP contribution in [0, 0.1) is 23.2 Å². The number of nitriles is 1. The van der Waals surface area contributed by atoms with Crippen molar-refractivity contribution in [2.75, 3.05) is 39.2 Å². The zero-order chi connectivity index (χ0) is 22.2. The molecule has 0 radical (unpaired) electrons. The van der Waals surface area contributed by atoms with E-state index in [-0.39, 0.29) is 34.9 Å². The van der Waals surface area contributed by atoms with Crippen LogP contribution in [-0.2, 0) is 19.6 Å². The van der Waals surface area contributed by atoms with Crippen LogP contribution in [0.5, 0.6) is 0 Å². The van der Waals surface area contributed by atoms with E-state index in [9.17, 15) is 18.5 Å². The lowest BCUT2D eigenvalue weighted by Gasteiger charge is -2.39. The summed E-state index contributed by atoms with van der Waals surface area (Å²) in [6.07, 6.45) is 2.43. The molecule has 31 heavy (non-hydrogen) atoms. The number of anilines is 1. The molecule has 3 aliphatic rings. The van der Waals surface area contributed by atoms with Gasteiger partial charge in [0, 0.05) is 33.3 Å². The third-order valence-corrected chi connectivity index (χ3v) is 7.85. The van der Waals surface area contributed by atoms with Gasteiger partial charge in [-0.3, -0.25) is 4.79 Å². The zero-order valence-corrected chi connectivity index (χ0v) is 18.3. The lowest BCUT2D eigenvalue weighted by Crippen LogP contribution is -2.56. The summed E-state index contributed by atoms with van der Waals surface area (Å²) in [5.74, 6) is -0.614. The molecule has 3 aliphatic heterocycles. The van der Waals surface area contributed by atoms with Crippen LogP contribution in [0.25, 0.3) is 0 Å². The molecule has 3 saturated heterocycles. The van der Waals surface area contributed by atoms with E-state index < -0.39 is 16.2 Å². The van der Waals surface area contributed by atoms with E-state index >= 15 is 0 Å². The van der Waals surface area contributed by atoms with Gasteiger partial charge < -0.3 is 15.4 Å². The smallest absolute Gasteiger partial charge is 0.260 e. The Hall–Kier alpha value is -2.30. The van der Waals surface area contributed by atoms with Crippen molar-refractivity contribution in [3.63, 3.8) is 0 Å². The van der Waals surface area contributed by atoms with Gasteiger partial charge in [-0.2, -0.15) is 5.26 Å². The number of fused-ring (bicyclic) bond motifs is 1. The fourth-order valence-corrected chi connectivity index (χ4v) is 5.23. The van der Waals surface area contributed by atoms with Crippen molar-refractivity contribution in [3.05, 3.63) is 18.3 Å². The summed E-state index contributed by atoms with van der Waals surface area (Å²) in [5.41, 5.74) is 3.97. The molecule has 4 heterocycles. The summed E-state index contributed by atoms with van der Waals surface area (Å²) < 4.78 is 31.2. The minimum atomic E-state index is -3.62. The van der Waals surface area contributed by atoms with Crippen molar-refractivity contribution >= 4 is 21.6 Å². The number of hydrogen-bond acceptors (Lipinski definition) is 9. The fourth-order valence-electron chi connectivity index (χ4n) is 4.43. The Morgan fingerprint density at radius 1 is 1.32 bits per heavy atom. The van der Waals surface area contributed by atoms with Crippen LogP contribution in [0.1, 0.15) is 12.8 Å². The van der Waals surface area contributed by atoms with Crippen molar-refractivity contribution in [1.82, 2.24) is 25.0 Å². The molecule has 11 nitrogen and oxygen atoms in total. The molecule has 3 unspecified atom stereocenters. The number of carbonyl (C=O) groups is 1. The average Bonchev–Trinajstić information content (AvgIpc) is 3.13. The highest BCUT2D eigenvalue weighted by molar-refractivity contribution is 7.89. The molecule has 0 aliphatic carbocycles. The Balaban J connectivity index is 1.55. The SMILES string of the molecule is CN(C)S(=O)(=O)c1ccc(NC2NN([C@H]3COCC[C@@H]3C#N)C3CCNC(=O)C23)cn1. The molecule has 0 saturated carbocycles. The number of sulfonamides is 1. The monoisotopic (exact) mass is 449 g/mol. The molecule has 0 spiro atoms. The highest BCUT2D eigenvalue weighted by Crippen LogP contribution is 2.33. The van der Waals surface area contributed by atoms with Crippen LogP contribution in [0.3, 0.4) is 0 Å². The number of nitrogens with zero attached hydrogens (tertiary/aromatic N) is 4. The second-order valence-electron chi connectivity index (χ2n) is 8.17. The van der Waals surface area contributed by atoms with Gasteiger partial charge in [-0.15, -0.1) is 0 Å². The number of aromatic nitrogens is 1. The number of ether oxygens (including phenoxy) is 1. The molecular weight excluding hydrogens is 422 g/mol. The van der Waals surface area contributed by atoms with Crippen LogP contribution >= 0.6 is 0 Å². The third kappa shape index (κ3) is 4.11. The van der Waals surface area contributed by atoms with Crippen molar-refractivity contribution < 1.29 is 17.9 Å². The normalized spacial score (nSPS) is 31.7. The van der Waals surface area contributed by atoms with E-state index in [2.05, 4.69) is 27.1 Å². The van der Waals surface area contributed by atoms with Crippen LogP contribution < -0.4 is 16.1 Å².